The Labute approximate surface area is 148 Å². The Kier molecular flexibility index (Phi) is 6.53. The van der Waals surface area contributed by atoms with Gasteiger partial charge in [-0.3, -0.25) is 9.69 Å². The number of likely N-dealkylation sites (N-methyl/N-ethyl adjacent to an activating group) is 2. The lowest BCUT2D eigenvalue weighted by atomic mass is 10.1. The van der Waals surface area contributed by atoms with E-state index >= 15 is 0 Å². The first-order valence-electron chi connectivity index (χ1n) is 8.03. The predicted octanol–water partition coefficient (Wildman–Crippen LogP) is 1.35. The van der Waals surface area contributed by atoms with Crippen molar-refractivity contribution in [3.8, 4) is 0 Å². The monoisotopic (exact) mass is 355 g/mol. The average molecular weight is 355 g/mol. The highest BCUT2D eigenvalue weighted by Gasteiger charge is 2.31. The van der Waals surface area contributed by atoms with Crippen LogP contribution >= 0.6 is 0 Å². The molecule has 0 unspecified atom stereocenters. The van der Waals surface area contributed by atoms with Crippen LogP contribution in [0.2, 0.25) is 0 Å². The van der Waals surface area contributed by atoms with Crippen LogP contribution < -0.4 is 5.32 Å². The number of hydrogen-bond acceptors (Lipinski definition) is 7. The van der Waals surface area contributed by atoms with Crippen LogP contribution in [-0.2, 0) is 21.6 Å². The van der Waals surface area contributed by atoms with Crippen molar-refractivity contribution in [2.75, 3.05) is 27.7 Å². The Balaban J connectivity index is 2.69. The zero-order chi connectivity index (χ0) is 19.4. The Morgan fingerprint density at radius 1 is 1.16 bits per heavy atom. The maximum Gasteiger partial charge on any atom is 0.408 e. The fourth-order valence-corrected chi connectivity index (χ4v) is 1.85. The van der Waals surface area contributed by atoms with E-state index in [4.69, 9.17) is 9.26 Å². The van der Waals surface area contributed by atoms with Gasteiger partial charge in [-0.2, -0.15) is 4.98 Å². The molecule has 1 rings (SSSR count). The summed E-state index contributed by atoms with van der Waals surface area (Å²) in [6, 6.07) is 0. The number of ether oxygens (including phenoxy) is 1. The van der Waals surface area contributed by atoms with E-state index in [-0.39, 0.29) is 12.5 Å². The zero-order valence-corrected chi connectivity index (χ0v) is 16.3. The smallest absolute Gasteiger partial charge is 0.408 e. The van der Waals surface area contributed by atoms with E-state index in [9.17, 15) is 9.59 Å². The van der Waals surface area contributed by atoms with Crippen LogP contribution in [0, 0.1) is 0 Å². The summed E-state index contributed by atoms with van der Waals surface area (Å²) in [6.07, 6.45) is -0.558. The van der Waals surface area contributed by atoms with E-state index in [2.05, 4.69) is 15.5 Å². The fraction of sp³-hybridized carbons (Fsp3) is 0.750. The van der Waals surface area contributed by atoms with Crippen molar-refractivity contribution in [3.05, 3.63) is 11.7 Å². The number of amides is 2. The molecule has 142 valence electrons. The zero-order valence-electron chi connectivity index (χ0n) is 16.3. The first kappa shape index (κ1) is 20.9. The molecule has 1 N–H and O–H groups in total. The third-order valence-corrected chi connectivity index (χ3v) is 3.15. The van der Waals surface area contributed by atoms with Gasteiger partial charge in [0.05, 0.1) is 13.1 Å². The maximum atomic E-state index is 11.9. The highest BCUT2D eigenvalue weighted by atomic mass is 16.6. The van der Waals surface area contributed by atoms with Crippen LogP contribution in [0.25, 0.3) is 0 Å². The summed E-state index contributed by atoms with van der Waals surface area (Å²) >= 11 is 0. The second-order valence-corrected chi connectivity index (χ2v) is 7.72. The van der Waals surface area contributed by atoms with E-state index < -0.39 is 17.2 Å². The van der Waals surface area contributed by atoms with Crippen molar-refractivity contribution < 1.29 is 18.8 Å². The summed E-state index contributed by atoms with van der Waals surface area (Å²) in [7, 11) is 5.19. The second-order valence-electron chi connectivity index (χ2n) is 7.72. The van der Waals surface area contributed by atoms with Crippen LogP contribution in [0.4, 0.5) is 4.79 Å². The van der Waals surface area contributed by atoms with Gasteiger partial charge in [0.25, 0.3) is 0 Å². The highest BCUT2D eigenvalue weighted by Crippen LogP contribution is 2.18. The van der Waals surface area contributed by atoms with Crippen LogP contribution in [0.15, 0.2) is 4.52 Å². The van der Waals surface area contributed by atoms with Crippen LogP contribution in [0.5, 0.6) is 0 Å². The molecular formula is C16H29N5O4. The summed E-state index contributed by atoms with van der Waals surface area (Å²) in [4.78, 5) is 31.2. The first-order valence-corrected chi connectivity index (χ1v) is 8.03. The Morgan fingerprint density at radius 2 is 1.76 bits per heavy atom. The van der Waals surface area contributed by atoms with Crippen LogP contribution in [0.3, 0.4) is 0 Å². The van der Waals surface area contributed by atoms with E-state index in [0.29, 0.717) is 18.3 Å². The van der Waals surface area contributed by atoms with Gasteiger partial charge in [0, 0.05) is 14.1 Å². The summed E-state index contributed by atoms with van der Waals surface area (Å²) in [5.74, 6) is 0.679. The summed E-state index contributed by atoms with van der Waals surface area (Å²) < 4.78 is 10.5. The molecule has 0 aliphatic rings. The number of nitrogens with zero attached hydrogens (tertiary/aromatic N) is 4. The normalized spacial score (nSPS) is 12.2. The molecule has 9 heteroatoms. The fourth-order valence-electron chi connectivity index (χ4n) is 1.85. The number of aromatic nitrogens is 2. The standard InChI is InChI=1S/C16H29N5O4/c1-15(2,3)24-14(23)18-16(4,5)13-17-11(25-19-13)9-21(8)10-12(22)20(6)7/h9-10H2,1-8H3,(H,18,23). The molecule has 0 spiro atoms. The Bertz CT molecular complexity index is 604. The molecule has 0 aromatic carbocycles. The molecule has 0 bridgehead atoms. The van der Waals surface area contributed by atoms with Gasteiger partial charge >= 0.3 is 6.09 Å². The summed E-state index contributed by atoms with van der Waals surface area (Å²) in [6.45, 7) is 9.44. The maximum absolute atomic E-state index is 11.9. The van der Waals surface area contributed by atoms with Gasteiger partial charge in [0.1, 0.15) is 11.1 Å². The van der Waals surface area contributed by atoms with Gasteiger partial charge in [0.15, 0.2) is 5.82 Å². The van der Waals surface area contributed by atoms with Crippen molar-refractivity contribution in [1.82, 2.24) is 25.3 Å². The van der Waals surface area contributed by atoms with E-state index in [0.717, 1.165) is 0 Å². The Hall–Kier alpha value is -2.16. The minimum atomic E-state index is -0.859. The molecule has 0 aliphatic heterocycles. The molecule has 25 heavy (non-hydrogen) atoms. The number of carbonyl (C=O) groups is 2. The molecule has 1 heterocycles. The van der Waals surface area contributed by atoms with E-state index in [1.54, 1.807) is 60.7 Å². The molecule has 0 atom stereocenters. The minimum absolute atomic E-state index is 0.0193. The lowest BCUT2D eigenvalue weighted by molar-refractivity contribution is -0.129. The number of alkyl carbamates (subject to hydrolysis) is 1. The summed E-state index contributed by atoms with van der Waals surface area (Å²) in [5.41, 5.74) is -1.45. The molecule has 1 aromatic rings. The third-order valence-electron chi connectivity index (χ3n) is 3.15. The van der Waals surface area contributed by atoms with Gasteiger partial charge in [-0.15, -0.1) is 0 Å². The average Bonchev–Trinajstić information content (AvgIpc) is 2.84. The van der Waals surface area contributed by atoms with Gasteiger partial charge in [-0.25, -0.2) is 4.79 Å². The summed E-state index contributed by atoms with van der Waals surface area (Å²) in [5, 5.41) is 6.65. The molecule has 9 nitrogen and oxygen atoms in total. The van der Waals surface area contributed by atoms with Gasteiger partial charge in [-0.1, -0.05) is 5.16 Å². The molecular weight excluding hydrogens is 326 g/mol. The third kappa shape index (κ3) is 7.08. The highest BCUT2D eigenvalue weighted by molar-refractivity contribution is 5.77. The topological polar surface area (TPSA) is 101 Å². The number of rotatable bonds is 6. The van der Waals surface area contributed by atoms with Crippen LogP contribution in [-0.4, -0.2) is 65.2 Å². The Morgan fingerprint density at radius 3 is 2.28 bits per heavy atom. The second kappa shape index (κ2) is 7.81. The number of nitrogens with one attached hydrogen (secondary N) is 1. The lowest BCUT2D eigenvalue weighted by Gasteiger charge is -2.26. The lowest BCUT2D eigenvalue weighted by Crippen LogP contribution is -2.44. The van der Waals surface area contributed by atoms with Crippen molar-refractivity contribution in [2.24, 2.45) is 0 Å². The quantitative estimate of drug-likeness (QED) is 0.822. The van der Waals surface area contributed by atoms with E-state index in [1.807, 2.05) is 0 Å². The molecule has 0 saturated heterocycles. The number of hydrogen-bond donors (Lipinski definition) is 1. The van der Waals surface area contributed by atoms with Gasteiger partial charge in [0.2, 0.25) is 11.8 Å². The minimum Gasteiger partial charge on any atom is -0.444 e. The number of carbonyl (C=O) groups excluding carboxylic acids is 2. The van der Waals surface area contributed by atoms with Crippen molar-refractivity contribution in [3.63, 3.8) is 0 Å². The largest absolute Gasteiger partial charge is 0.444 e. The molecule has 0 radical (unpaired) electrons. The van der Waals surface area contributed by atoms with Gasteiger partial charge < -0.3 is 19.5 Å². The van der Waals surface area contributed by atoms with Crippen LogP contribution in [0.1, 0.15) is 46.3 Å². The molecule has 2 amide bonds. The molecule has 0 aliphatic carbocycles. The molecule has 1 aromatic heterocycles. The SMILES string of the molecule is CN(CC(=O)N(C)C)Cc1nc(C(C)(C)NC(=O)OC(C)(C)C)no1. The van der Waals surface area contributed by atoms with E-state index in [1.165, 1.54) is 4.90 Å². The van der Waals surface area contributed by atoms with Gasteiger partial charge in [-0.05, 0) is 41.7 Å². The molecule has 0 fully saturated rings. The molecule has 0 saturated carbocycles. The van der Waals surface area contributed by atoms with Crippen molar-refractivity contribution in [2.45, 2.75) is 52.3 Å². The van der Waals surface area contributed by atoms with Crippen molar-refractivity contribution in [1.29, 1.82) is 0 Å². The predicted molar refractivity (Wildman–Crippen MR) is 91.7 cm³/mol. The first-order chi connectivity index (χ1) is 11.3. The van der Waals surface area contributed by atoms with Crippen molar-refractivity contribution >= 4 is 12.0 Å².